The van der Waals surface area contributed by atoms with Crippen molar-refractivity contribution >= 4 is 28.7 Å². The zero-order valence-electron chi connectivity index (χ0n) is 15.2. The lowest BCUT2D eigenvalue weighted by Crippen LogP contribution is -2.52. The molecule has 0 saturated carbocycles. The van der Waals surface area contributed by atoms with Crippen LogP contribution in [0.2, 0.25) is 0 Å². The molecule has 26 heavy (non-hydrogen) atoms. The number of hydrogen-bond acceptors (Lipinski definition) is 3. The van der Waals surface area contributed by atoms with E-state index in [0.717, 1.165) is 16.5 Å². The summed E-state index contributed by atoms with van der Waals surface area (Å²) < 4.78 is 0. The van der Waals surface area contributed by atoms with E-state index in [9.17, 15) is 19.5 Å². The van der Waals surface area contributed by atoms with E-state index in [-0.39, 0.29) is 18.2 Å². The third kappa shape index (κ3) is 5.08. The smallest absolute Gasteiger partial charge is 0.326 e. The number of fused-ring (bicyclic) bond motifs is 1. The van der Waals surface area contributed by atoms with Gasteiger partial charge < -0.3 is 20.7 Å². The first-order valence-electron chi connectivity index (χ1n) is 8.63. The third-order valence-electron chi connectivity index (χ3n) is 4.11. The second kappa shape index (κ2) is 8.51. The van der Waals surface area contributed by atoms with Crippen LogP contribution in [0.3, 0.4) is 0 Å². The molecule has 0 saturated heterocycles. The maximum atomic E-state index is 12.5. The van der Waals surface area contributed by atoms with Crippen molar-refractivity contribution in [3.8, 4) is 0 Å². The van der Waals surface area contributed by atoms with Gasteiger partial charge in [0.05, 0.1) is 0 Å². The van der Waals surface area contributed by atoms with Gasteiger partial charge in [0.1, 0.15) is 12.1 Å². The molecule has 2 aromatic rings. The molecular weight excluding hydrogens is 334 g/mol. The van der Waals surface area contributed by atoms with Crippen LogP contribution in [0, 0.1) is 5.92 Å². The first-order valence-corrected chi connectivity index (χ1v) is 8.63. The summed E-state index contributed by atoms with van der Waals surface area (Å²) in [7, 11) is 0. The molecule has 7 heteroatoms. The Kier molecular flexibility index (Phi) is 6.38. The van der Waals surface area contributed by atoms with E-state index < -0.39 is 24.0 Å². The number of nitrogens with one attached hydrogen (secondary N) is 3. The highest BCUT2D eigenvalue weighted by atomic mass is 16.4. The van der Waals surface area contributed by atoms with Crippen molar-refractivity contribution in [2.24, 2.45) is 5.92 Å². The molecule has 0 spiro atoms. The number of aromatic nitrogens is 1. The molecule has 0 radical (unpaired) electrons. The van der Waals surface area contributed by atoms with Gasteiger partial charge in [-0.2, -0.15) is 0 Å². The monoisotopic (exact) mass is 359 g/mol. The fourth-order valence-electron chi connectivity index (χ4n) is 2.94. The maximum absolute atomic E-state index is 12.5. The Morgan fingerprint density at radius 1 is 1.12 bits per heavy atom. The Morgan fingerprint density at radius 3 is 2.42 bits per heavy atom. The molecule has 0 aliphatic carbocycles. The summed E-state index contributed by atoms with van der Waals surface area (Å²) in [5, 5.41) is 15.6. The van der Waals surface area contributed by atoms with E-state index in [1.807, 2.05) is 38.1 Å². The lowest BCUT2D eigenvalue weighted by Gasteiger charge is -2.22. The van der Waals surface area contributed by atoms with E-state index >= 15 is 0 Å². The number of hydrogen-bond donors (Lipinski definition) is 4. The van der Waals surface area contributed by atoms with Crippen LogP contribution in [0.5, 0.6) is 0 Å². The summed E-state index contributed by atoms with van der Waals surface area (Å²) >= 11 is 0. The second-order valence-corrected chi connectivity index (χ2v) is 6.85. The zero-order valence-corrected chi connectivity index (χ0v) is 15.2. The highest BCUT2D eigenvalue weighted by molar-refractivity contribution is 5.90. The Morgan fingerprint density at radius 2 is 1.81 bits per heavy atom. The van der Waals surface area contributed by atoms with Crippen LogP contribution in [-0.2, 0) is 20.8 Å². The summed E-state index contributed by atoms with van der Waals surface area (Å²) in [5.74, 6) is -1.75. The fourth-order valence-corrected chi connectivity index (χ4v) is 2.94. The molecule has 0 aliphatic rings. The molecule has 0 unspecified atom stereocenters. The van der Waals surface area contributed by atoms with Gasteiger partial charge in [-0.1, -0.05) is 32.0 Å². The van der Waals surface area contributed by atoms with E-state index in [0.29, 0.717) is 6.42 Å². The number of amides is 2. The number of rotatable bonds is 8. The number of carboxylic acids is 1. The van der Waals surface area contributed by atoms with Gasteiger partial charge >= 0.3 is 5.97 Å². The minimum Gasteiger partial charge on any atom is -0.480 e. The number of H-pyrrole nitrogens is 1. The lowest BCUT2D eigenvalue weighted by atomic mass is 10.0. The van der Waals surface area contributed by atoms with Crippen molar-refractivity contribution in [2.45, 2.75) is 45.7 Å². The molecule has 2 rings (SSSR count). The lowest BCUT2D eigenvalue weighted by molar-refractivity contribution is -0.142. The van der Waals surface area contributed by atoms with Gasteiger partial charge in [0.25, 0.3) is 0 Å². The van der Waals surface area contributed by atoms with Crippen LogP contribution in [0.1, 0.15) is 32.8 Å². The minimum atomic E-state index is -1.12. The van der Waals surface area contributed by atoms with Crippen molar-refractivity contribution < 1.29 is 19.5 Å². The number of carbonyl (C=O) groups is 3. The predicted octanol–water partition coefficient (Wildman–Crippen LogP) is 1.83. The topological polar surface area (TPSA) is 111 Å². The minimum absolute atomic E-state index is 0.152. The summed E-state index contributed by atoms with van der Waals surface area (Å²) in [4.78, 5) is 38.6. The van der Waals surface area contributed by atoms with Crippen molar-refractivity contribution in [3.05, 3.63) is 36.0 Å². The van der Waals surface area contributed by atoms with Crippen LogP contribution in [0.4, 0.5) is 0 Å². The van der Waals surface area contributed by atoms with Crippen molar-refractivity contribution in [1.29, 1.82) is 0 Å². The molecule has 0 fully saturated rings. The molecule has 2 atom stereocenters. The van der Waals surface area contributed by atoms with Gasteiger partial charge in [0.2, 0.25) is 11.8 Å². The summed E-state index contributed by atoms with van der Waals surface area (Å²) in [6, 6.07) is 5.75. The normalized spacial score (nSPS) is 13.4. The largest absolute Gasteiger partial charge is 0.480 e. The molecule has 1 aromatic heterocycles. The maximum Gasteiger partial charge on any atom is 0.326 e. The van der Waals surface area contributed by atoms with Crippen molar-refractivity contribution in [1.82, 2.24) is 15.6 Å². The Bertz CT molecular complexity index is 797. The van der Waals surface area contributed by atoms with Gasteiger partial charge in [-0.3, -0.25) is 9.59 Å². The number of benzene rings is 1. The number of aliphatic carboxylic acids is 1. The molecule has 1 heterocycles. The van der Waals surface area contributed by atoms with Crippen LogP contribution in [0.25, 0.3) is 10.9 Å². The van der Waals surface area contributed by atoms with Crippen LogP contribution >= 0.6 is 0 Å². The Balaban J connectivity index is 2.14. The van der Waals surface area contributed by atoms with Crippen LogP contribution in [-0.4, -0.2) is 40.0 Å². The Hall–Kier alpha value is -2.83. The summed E-state index contributed by atoms with van der Waals surface area (Å²) in [5.41, 5.74) is 1.72. The quantitative estimate of drug-likeness (QED) is 0.576. The average molecular weight is 359 g/mol. The van der Waals surface area contributed by atoms with Gasteiger partial charge in [-0.25, -0.2) is 4.79 Å². The number of aromatic amines is 1. The molecule has 7 nitrogen and oxygen atoms in total. The number of para-hydroxylation sites is 1. The van der Waals surface area contributed by atoms with Gasteiger partial charge in [-0.05, 0) is 24.0 Å². The van der Waals surface area contributed by atoms with Crippen molar-refractivity contribution in [2.75, 3.05) is 0 Å². The molecule has 0 aliphatic heterocycles. The average Bonchev–Trinajstić information content (AvgIpc) is 2.95. The fraction of sp³-hybridized carbons (Fsp3) is 0.421. The molecule has 4 N–H and O–H groups in total. The highest BCUT2D eigenvalue weighted by Crippen LogP contribution is 2.19. The Labute approximate surface area is 152 Å². The third-order valence-corrected chi connectivity index (χ3v) is 4.11. The SMILES string of the molecule is CC(=O)N[C@@H](CC(C)C)C(=O)N[C@@H](Cc1c[nH]c2ccccc12)C(=O)O. The highest BCUT2D eigenvalue weighted by Gasteiger charge is 2.27. The standard InChI is InChI=1S/C19H25N3O4/c1-11(2)8-16(21-12(3)23)18(24)22-17(19(25)26)9-13-10-20-15-7-5-4-6-14(13)15/h4-7,10-11,16-17,20H,8-9H2,1-3H3,(H,21,23)(H,22,24)(H,25,26)/t16-,17-/m0/s1. The van der Waals surface area contributed by atoms with Gasteiger partial charge in [0, 0.05) is 30.4 Å². The predicted molar refractivity (Wildman–Crippen MR) is 98.6 cm³/mol. The summed E-state index contributed by atoms with van der Waals surface area (Å²) in [6.07, 6.45) is 2.34. The van der Waals surface area contributed by atoms with E-state index in [1.165, 1.54) is 6.92 Å². The molecule has 0 bridgehead atoms. The van der Waals surface area contributed by atoms with E-state index in [2.05, 4.69) is 15.6 Å². The van der Waals surface area contributed by atoms with Gasteiger partial charge in [0.15, 0.2) is 0 Å². The number of carbonyl (C=O) groups excluding carboxylic acids is 2. The molecule has 2 amide bonds. The first kappa shape index (κ1) is 19.5. The molecular formula is C19H25N3O4. The van der Waals surface area contributed by atoms with Crippen molar-refractivity contribution in [3.63, 3.8) is 0 Å². The van der Waals surface area contributed by atoms with Crippen LogP contribution in [0.15, 0.2) is 30.5 Å². The van der Waals surface area contributed by atoms with E-state index in [4.69, 9.17) is 0 Å². The zero-order chi connectivity index (χ0) is 19.3. The molecule has 1 aromatic carbocycles. The van der Waals surface area contributed by atoms with Gasteiger partial charge in [-0.15, -0.1) is 0 Å². The molecule has 140 valence electrons. The van der Waals surface area contributed by atoms with E-state index in [1.54, 1.807) is 6.20 Å². The summed E-state index contributed by atoms with van der Waals surface area (Å²) in [6.45, 7) is 5.20. The number of carboxylic acid groups (broad SMARTS) is 1. The first-order chi connectivity index (χ1) is 12.3. The second-order valence-electron chi connectivity index (χ2n) is 6.85. The van der Waals surface area contributed by atoms with Crippen LogP contribution < -0.4 is 10.6 Å².